The van der Waals surface area contributed by atoms with Crippen molar-refractivity contribution in [3.8, 4) is 0 Å². The van der Waals surface area contributed by atoms with E-state index in [1.54, 1.807) is 36.1 Å². The number of hydrogen-bond acceptors (Lipinski definition) is 6. The standard InChI is InChI=1S/C17H23N5O4S/c1-13-18-16(26-19-13)15-12-21(27(24,25)20(2)3)10-7-11-22(15)17(23)14-8-5-4-6-9-14/h4-6,8-9,15H,7,10-12H2,1-3H3. The van der Waals surface area contributed by atoms with Gasteiger partial charge in [0.1, 0.15) is 6.04 Å². The van der Waals surface area contributed by atoms with E-state index in [1.807, 2.05) is 6.07 Å². The van der Waals surface area contributed by atoms with Crippen molar-refractivity contribution >= 4 is 16.1 Å². The van der Waals surface area contributed by atoms with Crippen molar-refractivity contribution in [3.63, 3.8) is 0 Å². The maximum atomic E-state index is 13.1. The molecule has 3 rings (SSSR count). The lowest BCUT2D eigenvalue weighted by atomic mass is 10.1. The fourth-order valence-electron chi connectivity index (χ4n) is 3.05. The van der Waals surface area contributed by atoms with Crippen LogP contribution in [0.15, 0.2) is 34.9 Å². The van der Waals surface area contributed by atoms with Crippen LogP contribution in [0.1, 0.15) is 34.5 Å². The molecule has 0 bridgehead atoms. The number of benzene rings is 1. The summed E-state index contributed by atoms with van der Waals surface area (Å²) < 4.78 is 33.1. The summed E-state index contributed by atoms with van der Waals surface area (Å²) in [5.74, 6) is 0.474. The van der Waals surface area contributed by atoms with Crippen LogP contribution in [-0.2, 0) is 10.2 Å². The molecule has 1 atom stereocenters. The summed E-state index contributed by atoms with van der Waals surface area (Å²) in [6.07, 6.45) is 0.509. The SMILES string of the molecule is Cc1noc(C2CN(S(=O)(=O)N(C)C)CCCN2C(=O)c2ccccc2)n1. The monoisotopic (exact) mass is 393 g/mol. The molecule has 0 aliphatic carbocycles. The Balaban J connectivity index is 1.98. The van der Waals surface area contributed by atoms with Gasteiger partial charge in [0.2, 0.25) is 0 Å². The average molecular weight is 393 g/mol. The molecule has 10 heteroatoms. The average Bonchev–Trinajstić information content (AvgIpc) is 2.95. The molecule has 2 heterocycles. The van der Waals surface area contributed by atoms with Crippen LogP contribution in [0.3, 0.4) is 0 Å². The summed E-state index contributed by atoms with van der Waals surface area (Å²) >= 11 is 0. The van der Waals surface area contributed by atoms with Crippen LogP contribution >= 0.6 is 0 Å². The number of nitrogens with zero attached hydrogens (tertiary/aromatic N) is 5. The van der Waals surface area contributed by atoms with Crippen molar-refractivity contribution in [1.82, 2.24) is 23.7 Å². The Morgan fingerprint density at radius 1 is 1.22 bits per heavy atom. The van der Waals surface area contributed by atoms with E-state index in [4.69, 9.17) is 4.52 Å². The second kappa shape index (κ2) is 7.75. The Labute approximate surface area is 158 Å². The fourth-order valence-corrected chi connectivity index (χ4v) is 4.20. The number of aryl methyl sites for hydroxylation is 1. The molecule has 0 saturated carbocycles. The molecule has 1 aromatic carbocycles. The lowest BCUT2D eigenvalue weighted by Crippen LogP contribution is -2.44. The topological polar surface area (TPSA) is 99.9 Å². The quantitative estimate of drug-likeness (QED) is 0.770. The molecule has 1 saturated heterocycles. The van der Waals surface area contributed by atoms with Gasteiger partial charge in [0.05, 0.1) is 0 Å². The molecular weight excluding hydrogens is 370 g/mol. The lowest BCUT2D eigenvalue weighted by molar-refractivity contribution is 0.0647. The van der Waals surface area contributed by atoms with E-state index >= 15 is 0 Å². The minimum absolute atomic E-state index is 0.0563. The first-order chi connectivity index (χ1) is 12.8. The van der Waals surface area contributed by atoms with Crippen molar-refractivity contribution in [1.29, 1.82) is 0 Å². The molecule has 27 heavy (non-hydrogen) atoms. The van der Waals surface area contributed by atoms with Gasteiger partial charge < -0.3 is 9.42 Å². The molecule has 9 nitrogen and oxygen atoms in total. The van der Waals surface area contributed by atoms with Crippen molar-refractivity contribution in [2.75, 3.05) is 33.7 Å². The zero-order chi connectivity index (χ0) is 19.6. The highest BCUT2D eigenvalue weighted by atomic mass is 32.2. The van der Waals surface area contributed by atoms with Gasteiger partial charge in [-0.05, 0) is 25.5 Å². The fraction of sp³-hybridized carbons (Fsp3) is 0.471. The number of carbonyl (C=O) groups is 1. The van der Waals surface area contributed by atoms with Crippen LogP contribution in [0.2, 0.25) is 0 Å². The van der Waals surface area contributed by atoms with Crippen LogP contribution < -0.4 is 0 Å². The number of amides is 1. The zero-order valence-corrected chi connectivity index (χ0v) is 16.4. The summed E-state index contributed by atoms with van der Waals surface area (Å²) in [6, 6.07) is 8.23. The van der Waals surface area contributed by atoms with Crippen molar-refractivity contribution in [2.45, 2.75) is 19.4 Å². The number of hydrogen-bond donors (Lipinski definition) is 0. The molecule has 2 aromatic rings. The van der Waals surface area contributed by atoms with Gasteiger partial charge in [-0.2, -0.15) is 22.0 Å². The Morgan fingerprint density at radius 3 is 2.52 bits per heavy atom. The Kier molecular flexibility index (Phi) is 5.59. The van der Waals surface area contributed by atoms with E-state index in [2.05, 4.69) is 10.1 Å². The highest BCUT2D eigenvalue weighted by Gasteiger charge is 2.38. The molecule has 1 aromatic heterocycles. The van der Waals surface area contributed by atoms with Gasteiger partial charge in [0.15, 0.2) is 5.82 Å². The van der Waals surface area contributed by atoms with E-state index < -0.39 is 16.3 Å². The van der Waals surface area contributed by atoms with E-state index in [0.717, 1.165) is 4.31 Å². The first kappa shape index (κ1) is 19.5. The molecule has 1 unspecified atom stereocenters. The van der Waals surface area contributed by atoms with Gasteiger partial charge in [-0.3, -0.25) is 4.79 Å². The van der Waals surface area contributed by atoms with Gasteiger partial charge >= 0.3 is 0 Å². The molecule has 0 N–H and O–H groups in total. The first-order valence-corrected chi connectivity index (χ1v) is 10.0. The highest BCUT2D eigenvalue weighted by Crippen LogP contribution is 2.27. The molecular formula is C17H23N5O4S. The van der Waals surface area contributed by atoms with Crippen molar-refractivity contribution in [2.24, 2.45) is 0 Å². The van der Waals surface area contributed by atoms with Crippen LogP contribution in [0, 0.1) is 6.92 Å². The Hall–Kier alpha value is -2.30. The van der Waals surface area contributed by atoms with Crippen LogP contribution in [0.4, 0.5) is 0 Å². The predicted octanol–water partition coefficient (Wildman–Crippen LogP) is 1.07. The van der Waals surface area contributed by atoms with Crippen molar-refractivity contribution < 1.29 is 17.7 Å². The maximum Gasteiger partial charge on any atom is 0.281 e. The normalized spacial score (nSPS) is 19.3. The molecule has 1 amide bonds. The largest absolute Gasteiger partial charge is 0.337 e. The zero-order valence-electron chi connectivity index (χ0n) is 15.6. The predicted molar refractivity (Wildman–Crippen MR) is 98.1 cm³/mol. The van der Waals surface area contributed by atoms with E-state index in [1.165, 1.54) is 18.4 Å². The van der Waals surface area contributed by atoms with Crippen LogP contribution in [0.5, 0.6) is 0 Å². The van der Waals surface area contributed by atoms with E-state index in [-0.39, 0.29) is 18.3 Å². The maximum absolute atomic E-state index is 13.1. The minimum atomic E-state index is -3.63. The second-order valence-corrected chi connectivity index (χ2v) is 8.70. The van der Waals surface area contributed by atoms with Gasteiger partial charge in [-0.15, -0.1) is 0 Å². The molecule has 1 fully saturated rings. The third-order valence-electron chi connectivity index (χ3n) is 4.46. The van der Waals surface area contributed by atoms with Gasteiger partial charge in [-0.25, -0.2) is 0 Å². The van der Waals surface area contributed by atoms with Crippen LogP contribution in [-0.4, -0.2) is 71.7 Å². The summed E-state index contributed by atoms with van der Waals surface area (Å²) in [5.41, 5.74) is 0.530. The van der Waals surface area contributed by atoms with Crippen LogP contribution in [0.25, 0.3) is 0 Å². The molecule has 1 aliphatic heterocycles. The smallest absolute Gasteiger partial charge is 0.281 e. The summed E-state index contributed by atoms with van der Waals surface area (Å²) in [7, 11) is -0.662. The summed E-state index contributed by atoms with van der Waals surface area (Å²) in [6.45, 7) is 2.43. The highest BCUT2D eigenvalue weighted by molar-refractivity contribution is 7.86. The van der Waals surface area contributed by atoms with Gasteiger partial charge in [0.25, 0.3) is 22.0 Å². The Morgan fingerprint density at radius 2 is 1.93 bits per heavy atom. The molecule has 1 aliphatic rings. The Bertz CT molecular complexity index is 897. The summed E-state index contributed by atoms with van der Waals surface area (Å²) in [5, 5.41) is 3.81. The van der Waals surface area contributed by atoms with Crippen molar-refractivity contribution in [3.05, 3.63) is 47.6 Å². The van der Waals surface area contributed by atoms with Gasteiger partial charge in [-0.1, -0.05) is 23.4 Å². The van der Waals surface area contributed by atoms with Gasteiger partial charge in [0, 0.05) is 39.3 Å². The minimum Gasteiger partial charge on any atom is -0.337 e. The third kappa shape index (κ3) is 4.02. The lowest BCUT2D eigenvalue weighted by Gasteiger charge is -2.30. The third-order valence-corrected chi connectivity index (χ3v) is 6.36. The summed E-state index contributed by atoms with van der Waals surface area (Å²) in [4.78, 5) is 19.0. The van der Waals surface area contributed by atoms with E-state index in [9.17, 15) is 13.2 Å². The van der Waals surface area contributed by atoms with E-state index in [0.29, 0.717) is 30.9 Å². The number of carbonyl (C=O) groups excluding carboxylic acids is 1. The molecule has 0 radical (unpaired) electrons. The molecule has 146 valence electrons. The number of aromatic nitrogens is 2. The first-order valence-electron chi connectivity index (χ1n) is 8.64. The number of rotatable bonds is 4. The molecule has 0 spiro atoms. The second-order valence-electron chi connectivity index (χ2n) is 6.56.